The number of rotatable bonds is 3. The molecule has 5 heteroatoms. The lowest BCUT2D eigenvalue weighted by Gasteiger charge is -2.35. The third kappa shape index (κ3) is 4.53. The van der Waals surface area contributed by atoms with E-state index in [1.165, 1.54) is 11.1 Å². The summed E-state index contributed by atoms with van der Waals surface area (Å²) in [5, 5.41) is 3.61. The quantitative estimate of drug-likeness (QED) is 0.888. The predicted molar refractivity (Wildman–Crippen MR) is 103 cm³/mol. The Balaban J connectivity index is 1.54. The van der Waals surface area contributed by atoms with E-state index in [0.717, 1.165) is 44.0 Å². The standard InChI is InChI=1S/C20H24ClN3O/c1-15-5-3-4-6-17(15)14-23-9-11-24(12-10-23)20(25)22-19-13-18(21)8-7-16(19)2/h3-8,13H,9-12,14H2,1-2H3,(H,22,25). The largest absolute Gasteiger partial charge is 0.322 e. The highest BCUT2D eigenvalue weighted by molar-refractivity contribution is 6.31. The summed E-state index contributed by atoms with van der Waals surface area (Å²) in [5.41, 5.74) is 4.46. The van der Waals surface area contributed by atoms with Crippen molar-refractivity contribution in [1.29, 1.82) is 0 Å². The summed E-state index contributed by atoms with van der Waals surface area (Å²) in [5.74, 6) is 0. The fourth-order valence-corrected chi connectivity index (χ4v) is 3.23. The molecule has 1 fully saturated rings. The lowest BCUT2D eigenvalue weighted by atomic mass is 10.1. The van der Waals surface area contributed by atoms with Gasteiger partial charge in [-0.3, -0.25) is 4.90 Å². The molecule has 0 atom stereocenters. The van der Waals surface area contributed by atoms with Crippen molar-refractivity contribution >= 4 is 23.3 Å². The number of halogens is 1. The molecule has 0 aromatic heterocycles. The Kier molecular flexibility index (Phi) is 5.61. The van der Waals surface area contributed by atoms with Gasteiger partial charge in [-0.1, -0.05) is 41.9 Å². The van der Waals surface area contributed by atoms with E-state index in [-0.39, 0.29) is 6.03 Å². The van der Waals surface area contributed by atoms with E-state index in [0.29, 0.717) is 5.02 Å². The zero-order valence-corrected chi connectivity index (χ0v) is 15.5. The van der Waals surface area contributed by atoms with Crippen molar-refractivity contribution in [3.8, 4) is 0 Å². The van der Waals surface area contributed by atoms with Gasteiger partial charge in [-0.15, -0.1) is 0 Å². The average Bonchev–Trinajstić information content (AvgIpc) is 2.61. The van der Waals surface area contributed by atoms with Crippen LogP contribution in [0.2, 0.25) is 5.02 Å². The summed E-state index contributed by atoms with van der Waals surface area (Å²) in [7, 11) is 0. The van der Waals surface area contributed by atoms with Crippen molar-refractivity contribution in [3.63, 3.8) is 0 Å². The number of amides is 2. The number of anilines is 1. The first-order valence-corrected chi connectivity index (χ1v) is 8.99. The van der Waals surface area contributed by atoms with Gasteiger partial charge in [0.15, 0.2) is 0 Å². The normalized spacial score (nSPS) is 15.2. The van der Waals surface area contributed by atoms with Crippen LogP contribution in [0.4, 0.5) is 10.5 Å². The SMILES string of the molecule is Cc1ccccc1CN1CCN(C(=O)Nc2cc(Cl)ccc2C)CC1. The number of nitrogens with one attached hydrogen (secondary N) is 1. The van der Waals surface area contributed by atoms with E-state index < -0.39 is 0 Å². The number of hydrogen-bond donors (Lipinski definition) is 1. The van der Waals surface area contributed by atoms with Crippen LogP contribution in [-0.2, 0) is 6.54 Å². The zero-order valence-electron chi connectivity index (χ0n) is 14.8. The van der Waals surface area contributed by atoms with E-state index in [1.807, 2.05) is 24.0 Å². The zero-order chi connectivity index (χ0) is 17.8. The second-order valence-corrected chi connectivity index (χ2v) is 7.02. The molecule has 0 aliphatic carbocycles. The van der Waals surface area contributed by atoms with Crippen molar-refractivity contribution < 1.29 is 4.79 Å². The number of urea groups is 1. The van der Waals surface area contributed by atoms with Crippen molar-refractivity contribution in [2.45, 2.75) is 20.4 Å². The Morgan fingerprint density at radius 2 is 1.76 bits per heavy atom. The summed E-state index contributed by atoms with van der Waals surface area (Å²) < 4.78 is 0. The number of benzene rings is 2. The number of carbonyl (C=O) groups excluding carboxylic acids is 1. The average molecular weight is 358 g/mol. The summed E-state index contributed by atoms with van der Waals surface area (Å²) in [6.45, 7) is 8.29. The first kappa shape index (κ1) is 17.8. The van der Waals surface area contributed by atoms with Gasteiger partial charge in [0.1, 0.15) is 0 Å². The summed E-state index contributed by atoms with van der Waals surface area (Å²) in [4.78, 5) is 16.8. The molecule has 1 saturated heterocycles. The minimum atomic E-state index is -0.0547. The molecule has 25 heavy (non-hydrogen) atoms. The maximum Gasteiger partial charge on any atom is 0.321 e. The van der Waals surface area contributed by atoms with E-state index >= 15 is 0 Å². The van der Waals surface area contributed by atoms with E-state index in [4.69, 9.17) is 11.6 Å². The van der Waals surface area contributed by atoms with Crippen LogP contribution in [0, 0.1) is 13.8 Å². The van der Waals surface area contributed by atoms with E-state index in [9.17, 15) is 4.79 Å². The molecule has 0 unspecified atom stereocenters. The highest BCUT2D eigenvalue weighted by atomic mass is 35.5. The van der Waals surface area contributed by atoms with Crippen molar-refractivity contribution in [1.82, 2.24) is 9.80 Å². The maximum atomic E-state index is 12.5. The second kappa shape index (κ2) is 7.89. The van der Waals surface area contributed by atoms with Crippen LogP contribution < -0.4 is 5.32 Å². The molecule has 132 valence electrons. The van der Waals surface area contributed by atoms with Crippen LogP contribution in [0.3, 0.4) is 0 Å². The monoisotopic (exact) mass is 357 g/mol. The van der Waals surface area contributed by atoms with Gasteiger partial charge in [-0.2, -0.15) is 0 Å². The van der Waals surface area contributed by atoms with Crippen molar-refractivity contribution in [2.24, 2.45) is 0 Å². The molecule has 2 aromatic carbocycles. The van der Waals surface area contributed by atoms with Crippen LogP contribution in [-0.4, -0.2) is 42.0 Å². The molecule has 2 aromatic rings. The highest BCUT2D eigenvalue weighted by Crippen LogP contribution is 2.21. The fraction of sp³-hybridized carbons (Fsp3) is 0.350. The van der Waals surface area contributed by atoms with Crippen LogP contribution in [0.1, 0.15) is 16.7 Å². The second-order valence-electron chi connectivity index (χ2n) is 6.58. The minimum Gasteiger partial charge on any atom is -0.322 e. The van der Waals surface area contributed by atoms with Crippen LogP contribution >= 0.6 is 11.6 Å². The predicted octanol–water partition coefficient (Wildman–Crippen LogP) is 4.31. The van der Waals surface area contributed by atoms with Crippen LogP contribution in [0.15, 0.2) is 42.5 Å². The van der Waals surface area contributed by atoms with Gasteiger partial charge in [0, 0.05) is 43.4 Å². The summed E-state index contributed by atoms with van der Waals surface area (Å²) in [6, 6.07) is 14.0. The first-order chi connectivity index (χ1) is 12.0. The number of aryl methyl sites for hydroxylation is 2. The summed E-state index contributed by atoms with van der Waals surface area (Å²) in [6.07, 6.45) is 0. The molecule has 0 spiro atoms. The molecule has 1 aliphatic rings. The lowest BCUT2D eigenvalue weighted by Crippen LogP contribution is -2.49. The van der Waals surface area contributed by atoms with Gasteiger partial charge >= 0.3 is 6.03 Å². The molecule has 1 heterocycles. The molecule has 1 aliphatic heterocycles. The first-order valence-electron chi connectivity index (χ1n) is 8.62. The Morgan fingerprint density at radius 1 is 1.04 bits per heavy atom. The fourth-order valence-electron chi connectivity index (χ4n) is 3.06. The Bertz CT molecular complexity index is 754. The molecule has 0 radical (unpaired) electrons. The molecule has 3 rings (SSSR count). The number of carbonyl (C=O) groups is 1. The highest BCUT2D eigenvalue weighted by Gasteiger charge is 2.21. The van der Waals surface area contributed by atoms with Crippen molar-refractivity contribution in [2.75, 3.05) is 31.5 Å². The maximum absolute atomic E-state index is 12.5. The Morgan fingerprint density at radius 3 is 2.48 bits per heavy atom. The Hall–Kier alpha value is -2.04. The smallest absolute Gasteiger partial charge is 0.321 e. The number of nitrogens with zero attached hydrogens (tertiary/aromatic N) is 2. The number of piperazine rings is 1. The van der Waals surface area contributed by atoms with E-state index in [1.54, 1.807) is 6.07 Å². The topological polar surface area (TPSA) is 35.6 Å². The van der Waals surface area contributed by atoms with Gasteiger partial charge in [-0.05, 0) is 42.7 Å². The minimum absolute atomic E-state index is 0.0547. The van der Waals surface area contributed by atoms with Gasteiger partial charge in [0.05, 0.1) is 0 Å². The lowest BCUT2D eigenvalue weighted by molar-refractivity contribution is 0.143. The molecule has 0 saturated carbocycles. The van der Waals surface area contributed by atoms with Crippen LogP contribution in [0.25, 0.3) is 0 Å². The number of hydrogen-bond acceptors (Lipinski definition) is 2. The van der Waals surface area contributed by atoms with E-state index in [2.05, 4.69) is 41.4 Å². The molecule has 1 N–H and O–H groups in total. The molecular formula is C20H24ClN3O. The van der Waals surface area contributed by atoms with Gasteiger partial charge in [0.25, 0.3) is 0 Å². The summed E-state index contributed by atoms with van der Waals surface area (Å²) >= 11 is 6.02. The Labute approximate surface area is 154 Å². The van der Waals surface area contributed by atoms with Crippen molar-refractivity contribution in [3.05, 3.63) is 64.2 Å². The molecular weight excluding hydrogens is 334 g/mol. The third-order valence-corrected chi connectivity index (χ3v) is 4.99. The third-order valence-electron chi connectivity index (χ3n) is 4.76. The van der Waals surface area contributed by atoms with Gasteiger partial charge in [-0.25, -0.2) is 4.79 Å². The van der Waals surface area contributed by atoms with Gasteiger partial charge < -0.3 is 10.2 Å². The molecule has 0 bridgehead atoms. The van der Waals surface area contributed by atoms with Crippen LogP contribution in [0.5, 0.6) is 0 Å². The molecule has 4 nitrogen and oxygen atoms in total. The molecule has 2 amide bonds. The van der Waals surface area contributed by atoms with Gasteiger partial charge in [0.2, 0.25) is 0 Å².